The van der Waals surface area contributed by atoms with Crippen molar-refractivity contribution in [3.63, 3.8) is 0 Å². The van der Waals surface area contributed by atoms with E-state index < -0.39 is 28.9 Å². The minimum atomic E-state index is -1.15. The van der Waals surface area contributed by atoms with Crippen LogP contribution in [-0.2, 0) is 6.42 Å². The summed E-state index contributed by atoms with van der Waals surface area (Å²) in [5, 5.41) is 20.4. The Bertz CT molecular complexity index is 698. The Hall–Kier alpha value is -2.94. The van der Waals surface area contributed by atoms with Crippen LogP contribution >= 0.6 is 0 Å². The maximum Gasteiger partial charge on any atom is 0.262 e. The molecule has 2 rings (SSSR count). The molecular formula is C15H10F2N2O2. The summed E-state index contributed by atoms with van der Waals surface area (Å²) in [5.41, 5.74) is 0.508. The molecule has 0 spiro atoms. The number of rotatable bonds is 3. The fraction of sp³-hybridized carbons (Fsp3) is 0.0667. The van der Waals surface area contributed by atoms with Crippen LogP contribution < -0.4 is 5.32 Å². The number of halogens is 2. The van der Waals surface area contributed by atoms with Gasteiger partial charge in [0.1, 0.15) is 22.9 Å². The molecule has 1 amide bonds. The Labute approximate surface area is 119 Å². The van der Waals surface area contributed by atoms with E-state index in [0.717, 1.165) is 5.56 Å². The number of nitriles is 1. The molecule has 2 aromatic carbocycles. The van der Waals surface area contributed by atoms with E-state index in [1.54, 1.807) is 24.3 Å². The van der Waals surface area contributed by atoms with Crippen LogP contribution in [0.2, 0.25) is 0 Å². The normalized spacial score (nSPS) is 9.95. The molecule has 106 valence electrons. The Morgan fingerprint density at radius 2 is 1.90 bits per heavy atom. The predicted octanol–water partition coefficient (Wildman–Crippen LogP) is 2.99. The molecule has 4 nitrogen and oxygen atoms in total. The number of nitrogens with zero attached hydrogens (tertiary/aromatic N) is 1. The lowest BCUT2D eigenvalue weighted by Crippen LogP contribution is -2.14. The van der Waals surface area contributed by atoms with E-state index in [-0.39, 0.29) is 6.42 Å². The summed E-state index contributed by atoms with van der Waals surface area (Å²) in [6.45, 7) is 0. The highest BCUT2D eigenvalue weighted by molar-refractivity contribution is 6.06. The lowest BCUT2D eigenvalue weighted by molar-refractivity contribution is 0.102. The van der Waals surface area contributed by atoms with E-state index in [4.69, 9.17) is 5.26 Å². The summed E-state index contributed by atoms with van der Waals surface area (Å²) in [6, 6.07) is 9.53. The van der Waals surface area contributed by atoms with Crippen LogP contribution in [-0.4, -0.2) is 11.0 Å². The smallest absolute Gasteiger partial charge is 0.262 e. The molecule has 2 N–H and O–H groups in total. The largest absolute Gasteiger partial charge is 0.507 e. The number of benzene rings is 2. The summed E-state index contributed by atoms with van der Waals surface area (Å²) >= 11 is 0. The van der Waals surface area contributed by atoms with Crippen molar-refractivity contribution in [2.75, 3.05) is 5.32 Å². The first kappa shape index (κ1) is 14.5. The molecule has 0 fully saturated rings. The van der Waals surface area contributed by atoms with Gasteiger partial charge in [0, 0.05) is 17.8 Å². The van der Waals surface area contributed by atoms with Crippen LogP contribution in [0.25, 0.3) is 0 Å². The van der Waals surface area contributed by atoms with Crippen LogP contribution in [0.1, 0.15) is 15.9 Å². The topological polar surface area (TPSA) is 73.1 Å². The van der Waals surface area contributed by atoms with Gasteiger partial charge in [0.15, 0.2) is 0 Å². The quantitative estimate of drug-likeness (QED) is 0.911. The minimum Gasteiger partial charge on any atom is -0.507 e. The van der Waals surface area contributed by atoms with Gasteiger partial charge in [-0.3, -0.25) is 4.79 Å². The van der Waals surface area contributed by atoms with Crippen molar-refractivity contribution >= 4 is 11.6 Å². The third kappa shape index (κ3) is 3.34. The summed E-state index contributed by atoms with van der Waals surface area (Å²) < 4.78 is 26.4. The van der Waals surface area contributed by atoms with Crippen LogP contribution in [0.5, 0.6) is 5.75 Å². The first-order chi connectivity index (χ1) is 10.0. The molecule has 0 aliphatic heterocycles. The zero-order valence-electron chi connectivity index (χ0n) is 10.7. The Kier molecular flexibility index (Phi) is 4.14. The zero-order valence-corrected chi connectivity index (χ0v) is 10.7. The van der Waals surface area contributed by atoms with Gasteiger partial charge in [0.2, 0.25) is 0 Å². The standard InChI is InChI=1S/C15H10F2N2O2/c16-10-7-12(17)14(13(20)8-10)15(21)19-11-3-1-9(2-4-11)5-6-18/h1-4,7-8,20H,5H2,(H,19,21). The first-order valence-corrected chi connectivity index (χ1v) is 5.96. The second-order valence-corrected chi connectivity index (χ2v) is 4.27. The third-order valence-electron chi connectivity index (χ3n) is 2.76. The van der Waals surface area contributed by atoms with Crippen LogP contribution in [0.4, 0.5) is 14.5 Å². The van der Waals surface area contributed by atoms with Gasteiger partial charge >= 0.3 is 0 Å². The molecule has 2 aromatic rings. The van der Waals surface area contributed by atoms with Gasteiger partial charge in [-0.05, 0) is 17.7 Å². The highest BCUT2D eigenvalue weighted by atomic mass is 19.1. The number of hydrogen-bond acceptors (Lipinski definition) is 3. The third-order valence-corrected chi connectivity index (χ3v) is 2.76. The van der Waals surface area contributed by atoms with Gasteiger partial charge in [-0.2, -0.15) is 5.26 Å². The maximum atomic E-state index is 13.5. The molecule has 0 radical (unpaired) electrons. The van der Waals surface area contributed by atoms with Crippen LogP contribution in [0, 0.1) is 23.0 Å². The van der Waals surface area contributed by atoms with E-state index in [0.29, 0.717) is 17.8 Å². The van der Waals surface area contributed by atoms with Gasteiger partial charge in [0.25, 0.3) is 5.91 Å². The van der Waals surface area contributed by atoms with Crippen molar-refractivity contribution < 1.29 is 18.7 Å². The van der Waals surface area contributed by atoms with Gasteiger partial charge in [-0.15, -0.1) is 0 Å². The predicted molar refractivity (Wildman–Crippen MR) is 71.7 cm³/mol. The van der Waals surface area contributed by atoms with Gasteiger partial charge in [-0.1, -0.05) is 12.1 Å². The molecule has 21 heavy (non-hydrogen) atoms. The monoisotopic (exact) mass is 288 g/mol. The number of nitrogens with one attached hydrogen (secondary N) is 1. The van der Waals surface area contributed by atoms with Crippen molar-refractivity contribution in [1.82, 2.24) is 0 Å². The molecule has 0 heterocycles. The number of hydrogen-bond donors (Lipinski definition) is 2. The van der Waals surface area contributed by atoms with Crippen molar-refractivity contribution in [3.05, 3.63) is 59.2 Å². The fourth-order valence-corrected chi connectivity index (χ4v) is 1.78. The summed E-state index contributed by atoms with van der Waals surface area (Å²) in [6.07, 6.45) is 0.238. The fourth-order valence-electron chi connectivity index (χ4n) is 1.78. The zero-order chi connectivity index (χ0) is 15.4. The van der Waals surface area contributed by atoms with Crippen molar-refractivity contribution in [1.29, 1.82) is 5.26 Å². The van der Waals surface area contributed by atoms with E-state index >= 15 is 0 Å². The summed E-state index contributed by atoms with van der Waals surface area (Å²) in [7, 11) is 0. The number of amides is 1. The molecule has 0 aliphatic carbocycles. The SMILES string of the molecule is N#CCc1ccc(NC(=O)c2c(O)cc(F)cc2F)cc1. The minimum absolute atomic E-state index is 0.238. The second kappa shape index (κ2) is 6.01. The molecule has 0 aromatic heterocycles. The number of aromatic hydroxyl groups is 1. The van der Waals surface area contributed by atoms with Crippen molar-refractivity contribution in [2.24, 2.45) is 0 Å². The molecule has 0 aliphatic rings. The van der Waals surface area contributed by atoms with Crippen molar-refractivity contribution in [3.8, 4) is 11.8 Å². The van der Waals surface area contributed by atoms with Crippen molar-refractivity contribution in [2.45, 2.75) is 6.42 Å². The number of carbonyl (C=O) groups excluding carboxylic acids is 1. The second-order valence-electron chi connectivity index (χ2n) is 4.27. The molecule has 0 saturated heterocycles. The lowest BCUT2D eigenvalue weighted by Gasteiger charge is -2.08. The Balaban J connectivity index is 2.20. The maximum absolute atomic E-state index is 13.5. The van der Waals surface area contributed by atoms with Crippen LogP contribution in [0.3, 0.4) is 0 Å². The highest BCUT2D eigenvalue weighted by Crippen LogP contribution is 2.23. The average molecular weight is 288 g/mol. The van der Waals surface area contributed by atoms with Gasteiger partial charge in [0.05, 0.1) is 12.5 Å². The molecule has 0 unspecified atom stereocenters. The Morgan fingerprint density at radius 3 is 2.48 bits per heavy atom. The number of phenolic OH excluding ortho intramolecular Hbond substituents is 1. The number of carbonyl (C=O) groups is 1. The first-order valence-electron chi connectivity index (χ1n) is 5.96. The summed E-state index contributed by atoms with van der Waals surface area (Å²) in [5.74, 6) is -3.78. The lowest BCUT2D eigenvalue weighted by atomic mass is 10.1. The molecule has 0 atom stereocenters. The molecule has 6 heteroatoms. The molecular weight excluding hydrogens is 278 g/mol. The highest BCUT2D eigenvalue weighted by Gasteiger charge is 2.18. The van der Waals surface area contributed by atoms with E-state index in [9.17, 15) is 18.7 Å². The van der Waals surface area contributed by atoms with Gasteiger partial charge < -0.3 is 10.4 Å². The van der Waals surface area contributed by atoms with E-state index in [2.05, 4.69) is 5.32 Å². The molecule has 0 bridgehead atoms. The van der Waals surface area contributed by atoms with E-state index in [1.807, 2.05) is 6.07 Å². The molecule has 0 saturated carbocycles. The Morgan fingerprint density at radius 1 is 1.24 bits per heavy atom. The summed E-state index contributed by atoms with van der Waals surface area (Å²) in [4.78, 5) is 11.9. The number of anilines is 1. The average Bonchev–Trinajstić information content (AvgIpc) is 2.40. The number of phenols is 1. The van der Waals surface area contributed by atoms with Gasteiger partial charge in [-0.25, -0.2) is 8.78 Å². The van der Waals surface area contributed by atoms with Crippen LogP contribution in [0.15, 0.2) is 36.4 Å². The van der Waals surface area contributed by atoms with E-state index in [1.165, 1.54) is 0 Å².